The van der Waals surface area contributed by atoms with Gasteiger partial charge in [0.25, 0.3) is 0 Å². The van der Waals surface area contributed by atoms with Gasteiger partial charge in [-0.3, -0.25) is 4.90 Å². The van der Waals surface area contributed by atoms with Crippen molar-refractivity contribution in [2.75, 3.05) is 26.2 Å². The lowest BCUT2D eigenvalue weighted by atomic mass is 10.1. The Bertz CT molecular complexity index is 1040. The highest BCUT2D eigenvalue weighted by atomic mass is 32.2. The smallest absolute Gasteiger partial charge is 0.243 e. The van der Waals surface area contributed by atoms with Crippen molar-refractivity contribution in [3.63, 3.8) is 0 Å². The first-order valence-electron chi connectivity index (χ1n) is 9.73. The Hall–Kier alpha value is -1.55. The summed E-state index contributed by atoms with van der Waals surface area (Å²) in [5.41, 5.74) is 2.09. The molecule has 1 saturated carbocycles. The number of rotatable bonds is 5. The van der Waals surface area contributed by atoms with Crippen molar-refractivity contribution in [3.8, 4) is 0 Å². The van der Waals surface area contributed by atoms with Crippen LogP contribution in [0.25, 0.3) is 0 Å². The highest BCUT2D eigenvalue weighted by Crippen LogP contribution is 2.36. The van der Waals surface area contributed by atoms with Gasteiger partial charge in [0.15, 0.2) is 4.77 Å². The van der Waals surface area contributed by atoms with Crippen LogP contribution in [-0.2, 0) is 16.7 Å². The van der Waals surface area contributed by atoms with Crippen molar-refractivity contribution in [1.82, 2.24) is 23.6 Å². The molecular weight excluding hydrogens is 394 g/mol. The average Bonchev–Trinajstić information content (AvgIpc) is 3.44. The van der Waals surface area contributed by atoms with Crippen molar-refractivity contribution >= 4 is 22.2 Å². The van der Waals surface area contributed by atoms with Crippen LogP contribution in [0.5, 0.6) is 0 Å². The second-order valence-corrected chi connectivity index (χ2v) is 10.1. The third-order valence-electron chi connectivity index (χ3n) is 5.73. The van der Waals surface area contributed by atoms with E-state index in [-0.39, 0.29) is 0 Å². The first kappa shape index (κ1) is 19.8. The molecule has 0 unspecified atom stereocenters. The van der Waals surface area contributed by atoms with Crippen LogP contribution in [0.2, 0.25) is 0 Å². The summed E-state index contributed by atoms with van der Waals surface area (Å²) in [5, 5.41) is 4.60. The number of hydrogen-bond donors (Lipinski definition) is 0. The fourth-order valence-corrected chi connectivity index (χ4v) is 5.59. The minimum atomic E-state index is -3.45. The molecule has 2 fully saturated rings. The summed E-state index contributed by atoms with van der Waals surface area (Å²) in [4.78, 5) is 2.59. The normalized spacial score (nSPS) is 19.2. The third-order valence-corrected chi connectivity index (χ3v) is 8.04. The van der Waals surface area contributed by atoms with Gasteiger partial charge in [-0.25, -0.2) is 13.1 Å². The van der Waals surface area contributed by atoms with Crippen LogP contribution in [-0.4, -0.2) is 58.1 Å². The second-order valence-electron chi connectivity index (χ2n) is 7.84. The average molecular weight is 422 g/mol. The van der Waals surface area contributed by atoms with Crippen LogP contribution in [0.3, 0.4) is 0 Å². The van der Waals surface area contributed by atoms with Crippen molar-refractivity contribution in [2.45, 2.75) is 51.2 Å². The Kier molecular flexibility index (Phi) is 5.20. The number of aromatic nitrogens is 3. The van der Waals surface area contributed by atoms with Gasteiger partial charge in [0.1, 0.15) is 5.82 Å². The van der Waals surface area contributed by atoms with Gasteiger partial charge in [0.05, 0.1) is 11.6 Å². The zero-order valence-corrected chi connectivity index (χ0v) is 18.3. The maximum absolute atomic E-state index is 13.0. The zero-order valence-electron chi connectivity index (χ0n) is 16.6. The van der Waals surface area contributed by atoms with E-state index in [0.717, 1.165) is 21.7 Å². The Morgan fingerprint density at radius 1 is 1.07 bits per heavy atom. The molecule has 9 heteroatoms. The minimum Gasteiger partial charge on any atom is -0.301 e. The quantitative estimate of drug-likeness (QED) is 0.695. The summed E-state index contributed by atoms with van der Waals surface area (Å²) >= 11 is 5.60. The summed E-state index contributed by atoms with van der Waals surface area (Å²) < 4.78 is 32.3. The Morgan fingerprint density at radius 3 is 2.36 bits per heavy atom. The van der Waals surface area contributed by atoms with Gasteiger partial charge in [0, 0.05) is 32.2 Å². The predicted octanol–water partition coefficient (Wildman–Crippen LogP) is 2.64. The summed E-state index contributed by atoms with van der Waals surface area (Å²) in [5.74, 6) is 0.962. The predicted molar refractivity (Wildman–Crippen MR) is 110 cm³/mol. The van der Waals surface area contributed by atoms with Crippen molar-refractivity contribution in [3.05, 3.63) is 39.9 Å². The van der Waals surface area contributed by atoms with E-state index in [1.165, 1.54) is 12.8 Å². The molecule has 28 heavy (non-hydrogen) atoms. The van der Waals surface area contributed by atoms with Crippen LogP contribution >= 0.6 is 12.2 Å². The van der Waals surface area contributed by atoms with Crippen molar-refractivity contribution < 1.29 is 8.42 Å². The largest absolute Gasteiger partial charge is 0.301 e. The van der Waals surface area contributed by atoms with Crippen molar-refractivity contribution in [2.24, 2.45) is 0 Å². The van der Waals surface area contributed by atoms with Gasteiger partial charge in [-0.15, -0.1) is 0 Å². The lowest BCUT2D eigenvalue weighted by molar-refractivity contribution is 0.144. The van der Waals surface area contributed by atoms with Gasteiger partial charge in [-0.2, -0.15) is 9.40 Å². The molecule has 0 spiro atoms. The molecule has 0 radical (unpaired) electrons. The molecule has 152 valence electrons. The molecule has 0 amide bonds. The SMILES string of the molecule is Cc1ccc(S(=O)(=O)N2CCN(Cn3nc(C)n(C4CC4)c3=S)CC2)cc1C. The fourth-order valence-electron chi connectivity index (χ4n) is 3.70. The van der Waals surface area contributed by atoms with Crippen LogP contribution in [0, 0.1) is 25.5 Å². The lowest BCUT2D eigenvalue weighted by Crippen LogP contribution is -2.49. The van der Waals surface area contributed by atoms with E-state index in [9.17, 15) is 8.42 Å². The highest BCUT2D eigenvalue weighted by Gasteiger charge is 2.30. The fraction of sp³-hybridized carbons (Fsp3) is 0.579. The molecule has 2 aliphatic rings. The summed E-state index contributed by atoms with van der Waals surface area (Å²) in [7, 11) is -3.45. The number of sulfonamides is 1. The first-order chi connectivity index (χ1) is 13.3. The molecule has 1 aliphatic heterocycles. The maximum Gasteiger partial charge on any atom is 0.243 e. The molecule has 1 saturated heterocycles. The van der Waals surface area contributed by atoms with E-state index in [1.54, 1.807) is 16.4 Å². The second kappa shape index (κ2) is 7.37. The summed E-state index contributed by atoms with van der Waals surface area (Å²) in [6, 6.07) is 5.86. The molecule has 4 rings (SSSR count). The molecular formula is C19H27N5O2S2. The molecule has 1 aromatic heterocycles. The minimum absolute atomic E-state index is 0.380. The van der Waals surface area contributed by atoms with E-state index in [0.29, 0.717) is 43.8 Å². The van der Waals surface area contributed by atoms with Gasteiger partial charge in [0.2, 0.25) is 10.0 Å². The standard InChI is InChI=1S/C19H27N5O2S2/c1-14-4-7-18(12-15(14)2)28(25,26)22-10-8-21(9-11-22)13-23-19(27)24(16(3)20-23)17-5-6-17/h4,7,12,17H,5-6,8-11,13H2,1-3H3. The number of benzene rings is 1. The number of aryl methyl sites for hydroxylation is 3. The third kappa shape index (κ3) is 3.68. The molecule has 0 atom stereocenters. The van der Waals surface area contributed by atoms with Crippen LogP contribution < -0.4 is 0 Å². The van der Waals surface area contributed by atoms with Crippen LogP contribution in [0.15, 0.2) is 23.1 Å². The Balaban J connectivity index is 1.42. The molecule has 0 bridgehead atoms. The van der Waals surface area contributed by atoms with Gasteiger partial charge in [-0.05, 0) is 69.1 Å². The van der Waals surface area contributed by atoms with Gasteiger partial charge >= 0.3 is 0 Å². The number of piperazine rings is 1. The lowest BCUT2D eigenvalue weighted by Gasteiger charge is -2.33. The van der Waals surface area contributed by atoms with E-state index in [1.807, 2.05) is 31.5 Å². The van der Waals surface area contributed by atoms with Gasteiger partial charge in [-0.1, -0.05) is 6.07 Å². The van der Waals surface area contributed by atoms with E-state index >= 15 is 0 Å². The molecule has 0 N–H and O–H groups in total. The van der Waals surface area contributed by atoms with E-state index in [2.05, 4.69) is 14.6 Å². The Labute approximate surface area is 171 Å². The van der Waals surface area contributed by atoms with Crippen LogP contribution in [0.1, 0.15) is 35.8 Å². The zero-order chi connectivity index (χ0) is 20.1. The topological polar surface area (TPSA) is 63.4 Å². The number of hydrogen-bond acceptors (Lipinski definition) is 5. The highest BCUT2D eigenvalue weighted by molar-refractivity contribution is 7.89. The molecule has 1 aliphatic carbocycles. The van der Waals surface area contributed by atoms with E-state index in [4.69, 9.17) is 12.2 Å². The monoisotopic (exact) mass is 421 g/mol. The number of nitrogens with zero attached hydrogens (tertiary/aromatic N) is 5. The van der Waals surface area contributed by atoms with Crippen LogP contribution in [0.4, 0.5) is 0 Å². The summed E-state index contributed by atoms with van der Waals surface area (Å²) in [6.45, 7) is 8.83. The van der Waals surface area contributed by atoms with E-state index < -0.39 is 10.0 Å². The van der Waals surface area contributed by atoms with Crippen molar-refractivity contribution in [1.29, 1.82) is 0 Å². The molecule has 7 nitrogen and oxygen atoms in total. The molecule has 1 aromatic carbocycles. The Morgan fingerprint density at radius 2 is 1.75 bits per heavy atom. The van der Waals surface area contributed by atoms with Gasteiger partial charge < -0.3 is 4.57 Å². The molecule has 2 aromatic rings. The maximum atomic E-state index is 13.0. The molecule has 2 heterocycles. The summed E-state index contributed by atoms with van der Waals surface area (Å²) in [6.07, 6.45) is 2.35. The first-order valence-corrected chi connectivity index (χ1v) is 11.6.